The number of nitrogens with one attached hydrogen (secondary N) is 1. The van der Waals surface area contributed by atoms with E-state index in [2.05, 4.69) is 11.9 Å². The number of aromatic amines is 1. The van der Waals surface area contributed by atoms with Crippen molar-refractivity contribution in [1.82, 2.24) is 9.55 Å². The summed E-state index contributed by atoms with van der Waals surface area (Å²) in [7, 11) is 0. The van der Waals surface area contributed by atoms with Gasteiger partial charge in [0.05, 0.1) is 6.10 Å². The first-order chi connectivity index (χ1) is 9.91. The van der Waals surface area contributed by atoms with Gasteiger partial charge in [0.25, 0.3) is 5.56 Å². The Morgan fingerprint density at radius 3 is 2.67 bits per heavy atom. The van der Waals surface area contributed by atoms with E-state index in [1.54, 1.807) is 0 Å². The smallest absolute Gasteiger partial charge is 0.330 e. The quantitative estimate of drug-likeness (QED) is 0.890. The lowest BCUT2D eigenvalue weighted by Crippen LogP contribution is -2.37. The van der Waals surface area contributed by atoms with E-state index in [4.69, 9.17) is 14.2 Å². The number of ether oxygens (including phenoxy) is 3. The third kappa shape index (κ3) is 2.56. The third-order valence-corrected chi connectivity index (χ3v) is 3.82. The van der Waals surface area contributed by atoms with Gasteiger partial charge in [0.2, 0.25) is 0 Å². The third-order valence-electron chi connectivity index (χ3n) is 3.82. The van der Waals surface area contributed by atoms with Crippen LogP contribution in [0, 0.1) is 0 Å². The van der Waals surface area contributed by atoms with Crippen LogP contribution < -0.4 is 11.2 Å². The standard InChI is InChI=1S/C14H20N2O5/c1-4-5-8-10-11(21-14(2,3)20-10)12(19-8)16-7-6-9(17)15-13(16)18/h6-8,10-12H,4-5H2,1-3H3,(H,15,17,18). The molecule has 4 unspecified atom stereocenters. The summed E-state index contributed by atoms with van der Waals surface area (Å²) in [6, 6.07) is 1.30. The number of hydrogen-bond donors (Lipinski definition) is 1. The molecule has 116 valence electrons. The molecule has 3 rings (SSSR count). The molecule has 4 atom stereocenters. The predicted octanol–water partition coefficient (Wildman–Crippen LogP) is 0.754. The van der Waals surface area contributed by atoms with Crippen molar-refractivity contribution in [3.8, 4) is 0 Å². The molecule has 21 heavy (non-hydrogen) atoms. The van der Waals surface area contributed by atoms with Crippen molar-refractivity contribution in [3.05, 3.63) is 33.1 Å². The molecule has 2 fully saturated rings. The van der Waals surface area contributed by atoms with E-state index in [1.807, 2.05) is 13.8 Å². The molecule has 2 saturated heterocycles. The molecule has 0 aliphatic carbocycles. The van der Waals surface area contributed by atoms with Gasteiger partial charge in [-0.05, 0) is 20.3 Å². The molecule has 7 nitrogen and oxygen atoms in total. The predicted molar refractivity (Wildman–Crippen MR) is 74.0 cm³/mol. The molecule has 0 saturated carbocycles. The fourth-order valence-electron chi connectivity index (χ4n) is 3.03. The highest BCUT2D eigenvalue weighted by molar-refractivity contribution is 4.98. The maximum absolute atomic E-state index is 12.0. The topological polar surface area (TPSA) is 82.6 Å². The van der Waals surface area contributed by atoms with Crippen LogP contribution in [0.3, 0.4) is 0 Å². The molecule has 0 spiro atoms. The van der Waals surface area contributed by atoms with Crippen molar-refractivity contribution >= 4 is 0 Å². The normalized spacial score (nSPS) is 34.0. The first-order valence-electron chi connectivity index (χ1n) is 7.24. The summed E-state index contributed by atoms with van der Waals surface area (Å²) in [5, 5.41) is 0. The molecule has 1 aromatic rings. The maximum Gasteiger partial charge on any atom is 0.330 e. The van der Waals surface area contributed by atoms with Crippen LogP contribution in [0.1, 0.15) is 39.8 Å². The van der Waals surface area contributed by atoms with Gasteiger partial charge in [0, 0.05) is 12.3 Å². The zero-order valence-electron chi connectivity index (χ0n) is 12.4. The Labute approximate surface area is 121 Å². The Morgan fingerprint density at radius 1 is 1.29 bits per heavy atom. The van der Waals surface area contributed by atoms with Crippen molar-refractivity contribution in [2.24, 2.45) is 0 Å². The molecule has 0 aromatic carbocycles. The van der Waals surface area contributed by atoms with Crippen LogP contribution in [-0.4, -0.2) is 33.7 Å². The SMILES string of the molecule is CCCC1OC(n2ccc(=O)[nH]c2=O)C2OC(C)(C)OC12. The van der Waals surface area contributed by atoms with Crippen LogP contribution in [-0.2, 0) is 14.2 Å². The summed E-state index contributed by atoms with van der Waals surface area (Å²) < 4.78 is 19.1. The largest absolute Gasteiger partial charge is 0.349 e. The fraction of sp³-hybridized carbons (Fsp3) is 0.714. The van der Waals surface area contributed by atoms with E-state index in [0.29, 0.717) is 0 Å². The lowest BCUT2D eigenvalue weighted by molar-refractivity contribution is -0.197. The molecule has 0 amide bonds. The fourth-order valence-corrected chi connectivity index (χ4v) is 3.03. The Morgan fingerprint density at radius 2 is 2.00 bits per heavy atom. The minimum absolute atomic E-state index is 0.120. The molecule has 2 aliphatic heterocycles. The highest BCUT2D eigenvalue weighted by atomic mass is 16.8. The highest BCUT2D eigenvalue weighted by Gasteiger charge is 2.55. The molecule has 1 N–H and O–H groups in total. The maximum atomic E-state index is 12.0. The summed E-state index contributed by atoms with van der Waals surface area (Å²) in [4.78, 5) is 25.4. The van der Waals surface area contributed by atoms with E-state index in [-0.39, 0.29) is 18.3 Å². The van der Waals surface area contributed by atoms with Crippen molar-refractivity contribution in [2.45, 2.75) is 63.9 Å². The highest BCUT2D eigenvalue weighted by Crippen LogP contribution is 2.43. The van der Waals surface area contributed by atoms with Crippen LogP contribution in [0.4, 0.5) is 0 Å². The summed E-state index contributed by atoms with van der Waals surface area (Å²) in [5.74, 6) is -0.699. The van der Waals surface area contributed by atoms with Crippen LogP contribution in [0.2, 0.25) is 0 Å². The lowest BCUT2D eigenvalue weighted by Gasteiger charge is -2.24. The van der Waals surface area contributed by atoms with Gasteiger partial charge in [-0.3, -0.25) is 14.3 Å². The van der Waals surface area contributed by atoms with Gasteiger partial charge in [-0.25, -0.2) is 4.79 Å². The number of nitrogens with zero attached hydrogens (tertiary/aromatic N) is 1. The Kier molecular flexibility index (Phi) is 3.51. The average molecular weight is 296 g/mol. The second-order valence-corrected chi connectivity index (χ2v) is 5.94. The van der Waals surface area contributed by atoms with Crippen LogP contribution in [0.15, 0.2) is 21.9 Å². The molecule has 0 bridgehead atoms. The number of rotatable bonds is 3. The first kappa shape index (κ1) is 14.5. The monoisotopic (exact) mass is 296 g/mol. The van der Waals surface area contributed by atoms with Gasteiger partial charge in [0.15, 0.2) is 12.0 Å². The zero-order valence-corrected chi connectivity index (χ0v) is 12.4. The number of hydrogen-bond acceptors (Lipinski definition) is 5. The second kappa shape index (κ2) is 5.08. The van der Waals surface area contributed by atoms with E-state index in [0.717, 1.165) is 12.8 Å². The minimum Gasteiger partial charge on any atom is -0.349 e. The van der Waals surface area contributed by atoms with Gasteiger partial charge in [-0.1, -0.05) is 13.3 Å². The second-order valence-electron chi connectivity index (χ2n) is 5.94. The van der Waals surface area contributed by atoms with E-state index in [1.165, 1.54) is 16.8 Å². The minimum atomic E-state index is -0.699. The molecule has 1 aromatic heterocycles. The van der Waals surface area contributed by atoms with Gasteiger partial charge in [-0.15, -0.1) is 0 Å². The molecule has 0 radical (unpaired) electrons. The van der Waals surface area contributed by atoms with Crippen molar-refractivity contribution in [3.63, 3.8) is 0 Å². The molecule has 7 heteroatoms. The number of aromatic nitrogens is 2. The van der Waals surface area contributed by atoms with E-state index >= 15 is 0 Å². The van der Waals surface area contributed by atoms with E-state index in [9.17, 15) is 9.59 Å². The summed E-state index contributed by atoms with van der Waals surface area (Å²) in [5.41, 5.74) is -0.934. The molecular weight excluding hydrogens is 276 g/mol. The van der Waals surface area contributed by atoms with Gasteiger partial charge in [-0.2, -0.15) is 0 Å². The summed E-state index contributed by atoms with van der Waals surface area (Å²) >= 11 is 0. The Hall–Kier alpha value is -1.44. The molecule has 2 aliphatic rings. The first-order valence-corrected chi connectivity index (χ1v) is 7.24. The average Bonchev–Trinajstić information content (AvgIpc) is 2.85. The lowest BCUT2D eigenvalue weighted by atomic mass is 10.1. The van der Waals surface area contributed by atoms with Gasteiger partial charge < -0.3 is 14.2 Å². The zero-order chi connectivity index (χ0) is 15.2. The number of H-pyrrole nitrogens is 1. The van der Waals surface area contributed by atoms with Gasteiger partial charge in [0.1, 0.15) is 12.2 Å². The van der Waals surface area contributed by atoms with Crippen LogP contribution in [0.25, 0.3) is 0 Å². The van der Waals surface area contributed by atoms with Crippen LogP contribution >= 0.6 is 0 Å². The molecule has 3 heterocycles. The van der Waals surface area contributed by atoms with E-state index < -0.39 is 23.3 Å². The van der Waals surface area contributed by atoms with Crippen molar-refractivity contribution in [2.75, 3.05) is 0 Å². The van der Waals surface area contributed by atoms with Gasteiger partial charge >= 0.3 is 5.69 Å². The summed E-state index contributed by atoms with van der Waals surface area (Å²) in [6.07, 6.45) is 1.94. The number of fused-ring (bicyclic) bond motifs is 1. The van der Waals surface area contributed by atoms with Crippen LogP contribution in [0.5, 0.6) is 0 Å². The van der Waals surface area contributed by atoms with Crippen molar-refractivity contribution < 1.29 is 14.2 Å². The molecular formula is C14H20N2O5. The summed E-state index contributed by atoms with van der Waals surface area (Å²) in [6.45, 7) is 5.76. The Balaban J connectivity index is 1.95. The van der Waals surface area contributed by atoms with Crippen molar-refractivity contribution in [1.29, 1.82) is 0 Å². The Bertz CT molecular complexity index is 635.